The Hall–Kier alpha value is -0.810. The highest BCUT2D eigenvalue weighted by molar-refractivity contribution is 5.80. The standard InChI is InChI=1S/C22H42N4O/c1-3-17-27-22(13-7-4-8-14-22)18-24-21(23-2)25-19-11-15-26(16-12-19)20-9-5-6-10-20/h19-20H,3-18H2,1-2H3,(H2,23,24,25). The Morgan fingerprint density at radius 3 is 2.37 bits per heavy atom. The molecule has 0 unspecified atom stereocenters. The van der Waals surface area contributed by atoms with Crippen molar-refractivity contribution in [1.29, 1.82) is 0 Å². The number of likely N-dealkylation sites (tertiary alicyclic amines) is 1. The lowest BCUT2D eigenvalue weighted by Gasteiger charge is -2.39. The predicted octanol–water partition coefficient (Wildman–Crippen LogP) is 3.69. The number of rotatable bonds is 7. The van der Waals surface area contributed by atoms with Crippen molar-refractivity contribution in [2.24, 2.45) is 4.99 Å². The van der Waals surface area contributed by atoms with E-state index in [0.717, 1.165) is 31.6 Å². The minimum absolute atomic E-state index is 0.0116. The lowest BCUT2D eigenvalue weighted by Crippen LogP contribution is -2.53. The smallest absolute Gasteiger partial charge is 0.191 e. The van der Waals surface area contributed by atoms with Crippen molar-refractivity contribution in [3.63, 3.8) is 0 Å². The van der Waals surface area contributed by atoms with Gasteiger partial charge in [-0.25, -0.2) is 0 Å². The van der Waals surface area contributed by atoms with Crippen molar-refractivity contribution in [2.45, 2.75) is 102 Å². The Balaban J connectivity index is 1.43. The summed E-state index contributed by atoms with van der Waals surface area (Å²) < 4.78 is 6.32. The number of hydrogen-bond acceptors (Lipinski definition) is 3. The Bertz CT molecular complexity index is 447. The molecule has 1 saturated heterocycles. The normalized spacial score (nSPS) is 25.6. The van der Waals surface area contributed by atoms with Crippen LogP contribution in [0.3, 0.4) is 0 Å². The molecule has 3 rings (SSSR count). The van der Waals surface area contributed by atoms with Crippen molar-refractivity contribution in [3.8, 4) is 0 Å². The van der Waals surface area contributed by atoms with Crippen molar-refractivity contribution >= 4 is 5.96 Å². The van der Waals surface area contributed by atoms with Crippen LogP contribution in [0, 0.1) is 0 Å². The van der Waals surface area contributed by atoms with E-state index >= 15 is 0 Å². The van der Waals surface area contributed by atoms with E-state index in [1.807, 2.05) is 7.05 Å². The highest BCUT2D eigenvalue weighted by atomic mass is 16.5. The molecular formula is C22H42N4O. The van der Waals surface area contributed by atoms with Gasteiger partial charge in [-0.15, -0.1) is 0 Å². The monoisotopic (exact) mass is 378 g/mol. The maximum atomic E-state index is 6.32. The van der Waals surface area contributed by atoms with Crippen LogP contribution in [0.4, 0.5) is 0 Å². The van der Waals surface area contributed by atoms with Gasteiger partial charge in [-0.3, -0.25) is 4.99 Å². The molecule has 0 radical (unpaired) electrons. The first kappa shape index (κ1) is 20.9. The zero-order valence-electron chi connectivity index (χ0n) is 17.8. The molecule has 2 N–H and O–H groups in total. The largest absolute Gasteiger partial charge is 0.373 e. The van der Waals surface area contributed by atoms with Gasteiger partial charge in [0, 0.05) is 45.4 Å². The summed E-state index contributed by atoms with van der Waals surface area (Å²) in [5, 5.41) is 7.29. The van der Waals surface area contributed by atoms with Crippen molar-refractivity contribution < 1.29 is 4.74 Å². The molecular weight excluding hydrogens is 336 g/mol. The third-order valence-electron chi connectivity index (χ3n) is 6.89. The number of piperidine rings is 1. The molecule has 2 aliphatic carbocycles. The summed E-state index contributed by atoms with van der Waals surface area (Å²) >= 11 is 0. The molecule has 0 atom stereocenters. The van der Waals surface area contributed by atoms with E-state index in [4.69, 9.17) is 4.74 Å². The van der Waals surface area contributed by atoms with E-state index in [1.54, 1.807) is 0 Å². The summed E-state index contributed by atoms with van der Waals surface area (Å²) in [5.74, 6) is 0.958. The Morgan fingerprint density at radius 2 is 1.74 bits per heavy atom. The molecule has 0 aromatic carbocycles. The fourth-order valence-electron chi connectivity index (χ4n) is 5.20. The van der Waals surface area contributed by atoms with Crippen LogP contribution in [-0.2, 0) is 4.74 Å². The molecule has 5 nitrogen and oxygen atoms in total. The summed E-state index contributed by atoms with van der Waals surface area (Å²) in [6, 6.07) is 1.41. The average Bonchev–Trinajstić information content (AvgIpc) is 3.26. The fourth-order valence-corrected chi connectivity index (χ4v) is 5.20. The molecule has 27 heavy (non-hydrogen) atoms. The van der Waals surface area contributed by atoms with E-state index in [0.29, 0.717) is 6.04 Å². The molecule has 156 valence electrons. The number of hydrogen-bond donors (Lipinski definition) is 2. The van der Waals surface area contributed by atoms with E-state index < -0.39 is 0 Å². The number of aliphatic imine (C=N–C) groups is 1. The van der Waals surface area contributed by atoms with Crippen LogP contribution in [-0.4, -0.2) is 61.8 Å². The number of nitrogens with one attached hydrogen (secondary N) is 2. The molecule has 5 heteroatoms. The van der Waals surface area contributed by atoms with Gasteiger partial charge in [-0.1, -0.05) is 39.0 Å². The van der Waals surface area contributed by atoms with Crippen molar-refractivity contribution in [1.82, 2.24) is 15.5 Å². The SMILES string of the molecule is CCCOC1(CNC(=NC)NC2CCN(C3CCCC3)CC2)CCCCC1. The summed E-state index contributed by atoms with van der Waals surface area (Å²) in [6.07, 6.45) is 15.5. The number of nitrogens with zero attached hydrogens (tertiary/aromatic N) is 2. The van der Waals surface area contributed by atoms with Crippen LogP contribution >= 0.6 is 0 Å². The van der Waals surface area contributed by atoms with Gasteiger partial charge in [0.25, 0.3) is 0 Å². The zero-order valence-corrected chi connectivity index (χ0v) is 17.8. The van der Waals surface area contributed by atoms with Gasteiger partial charge >= 0.3 is 0 Å². The highest BCUT2D eigenvalue weighted by Crippen LogP contribution is 2.31. The molecule has 0 spiro atoms. The second kappa shape index (κ2) is 10.7. The molecule has 0 aromatic rings. The number of guanidine groups is 1. The molecule has 1 aliphatic heterocycles. The number of ether oxygens (including phenoxy) is 1. The van der Waals surface area contributed by atoms with Gasteiger partial charge in [0.05, 0.1) is 5.60 Å². The maximum absolute atomic E-state index is 6.32. The molecule has 0 bridgehead atoms. The Morgan fingerprint density at radius 1 is 1.04 bits per heavy atom. The molecule has 3 aliphatic rings. The van der Waals surface area contributed by atoms with Gasteiger partial charge in [0.1, 0.15) is 0 Å². The average molecular weight is 379 g/mol. The zero-order chi connectivity index (χ0) is 19.0. The first-order valence-corrected chi connectivity index (χ1v) is 11.6. The van der Waals surface area contributed by atoms with E-state index in [-0.39, 0.29) is 5.60 Å². The lowest BCUT2D eigenvalue weighted by atomic mass is 9.84. The van der Waals surface area contributed by atoms with Gasteiger partial charge in [-0.05, 0) is 44.9 Å². The van der Waals surface area contributed by atoms with Gasteiger partial charge in [0.15, 0.2) is 5.96 Å². The second-order valence-corrected chi connectivity index (χ2v) is 8.91. The predicted molar refractivity (Wildman–Crippen MR) is 113 cm³/mol. The van der Waals surface area contributed by atoms with E-state index in [2.05, 4.69) is 27.4 Å². The van der Waals surface area contributed by atoms with Crippen LogP contribution in [0.25, 0.3) is 0 Å². The molecule has 2 saturated carbocycles. The van der Waals surface area contributed by atoms with Gasteiger partial charge in [0.2, 0.25) is 0 Å². The molecule has 0 amide bonds. The van der Waals surface area contributed by atoms with Crippen LogP contribution in [0.5, 0.6) is 0 Å². The first-order chi connectivity index (χ1) is 13.2. The topological polar surface area (TPSA) is 48.9 Å². The summed E-state index contributed by atoms with van der Waals surface area (Å²) in [4.78, 5) is 7.23. The lowest BCUT2D eigenvalue weighted by molar-refractivity contribution is -0.0657. The Labute approximate surface area is 166 Å². The Kier molecular flexibility index (Phi) is 8.25. The molecule has 3 fully saturated rings. The van der Waals surface area contributed by atoms with Crippen molar-refractivity contribution in [3.05, 3.63) is 0 Å². The maximum Gasteiger partial charge on any atom is 0.191 e. The first-order valence-electron chi connectivity index (χ1n) is 11.6. The van der Waals surface area contributed by atoms with Gasteiger partial charge < -0.3 is 20.3 Å². The van der Waals surface area contributed by atoms with Crippen LogP contribution in [0.1, 0.15) is 84.0 Å². The molecule has 1 heterocycles. The van der Waals surface area contributed by atoms with E-state index in [9.17, 15) is 0 Å². The summed E-state index contributed by atoms with van der Waals surface area (Å²) in [6.45, 7) is 6.43. The van der Waals surface area contributed by atoms with Crippen LogP contribution in [0.15, 0.2) is 4.99 Å². The highest BCUT2D eigenvalue weighted by Gasteiger charge is 2.33. The minimum atomic E-state index is 0.0116. The quantitative estimate of drug-likeness (QED) is 0.524. The molecule has 0 aromatic heterocycles. The van der Waals surface area contributed by atoms with Crippen LogP contribution in [0.2, 0.25) is 0 Å². The summed E-state index contributed by atoms with van der Waals surface area (Å²) in [5.41, 5.74) is 0.0116. The van der Waals surface area contributed by atoms with E-state index in [1.165, 1.54) is 83.7 Å². The van der Waals surface area contributed by atoms with Gasteiger partial charge in [-0.2, -0.15) is 0 Å². The van der Waals surface area contributed by atoms with Crippen LogP contribution < -0.4 is 10.6 Å². The fraction of sp³-hybridized carbons (Fsp3) is 0.955. The third kappa shape index (κ3) is 6.08. The second-order valence-electron chi connectivity index (χ2n) is 8.91. The van der Waals surface area contributed by atoms with Crippen molar-refractivity contribution in [2.75, 3.05) is 33.3 Å². The third-order valence-corrected chi connectivity index (χ3v) is 6.89. The minimum Gasteiger partial charge on any atom is -0.373 e. The summed E-state index contributed by atoms with van der Waals surface area (Å²) in [7, 11) is 1.89.